The summed E-state index contributed by atoms with van der Waals surface area (Å²) in [4.78, 5) is 13.0. The molecule has 0 aromatic heterocycles. The van der Waals surface area contributed by atoms with E-state index in [2.05, 4.69) is 4.72 Å². The van der Waals surface area contributed by atoms with Crippen molar-refractivity contribution in [2.45, 2.75) is 4.90 Å². The monoisotopic (exact) mass is 248 g/mol. The van der Waals surface area contributed by atoms with Crippen LogP contribution < -0.4 is 18.9 Å². The first-order chi connectivity index (χ1) is 7.40. The van der Waals surface area contributed by atoms with Crippen LogP contribution in [0.15, 0.2) is 29.2 Å². The second-order valence-electron chi connectivity index (χ2n) is 3.35. The minimum Gasteiger partial charge on any atom is -0.547 e. The molecule has 0 spiro atoms. The van der Waals surface area contributed by atoms with Crippen LogP contribution in [0, 0.1) is 0 Å². The number of carbonyl (C=O) groups is 1. The topological polar surface area (TPSA) is 68.5 Å². The van der Waals surface area contributed by atoms with Crippen LogP contribution in [-0.4, -0.2) is 40.4 Å². The molecular weight excluding hydrogens is 235 g/mol. The predicted molar refractivity (Wildman–Crippen MR) is 60.9 cm³/mol. The molecule has 0 atom stereocenters. The van der Waals surface area contributed by atoms with Crippen LogP contribution in [0.4, 0.5) is 0 Å². The summed E-state index contributed by atoms with van der Waals surface area (Å²) in [6.07, 6.45) is 0. The summed E-state index contributed by atoms with van der Waals surface area (Å²) in [7, 11) is 0.585. The Labute approximate surface area is 113 Å². The summed E-state index contributed by atoms with van der Waals surface area (Å²) in [5.74, 6) is -0.358. The molecule has 0 aliphatic heterocycles. The molecule has 0 bridgehead atoms. The molecule has 0 fully saturated rings. The van der Waals surface area contributed by atoms with E-state index in [1.54, 1.807) is 26.2 Å². The summed E-state index contributed by atoms with van der Waals surface area (Å²) in [5.41, 5.74) is 0.137. The smallest absolute Gasteiger partial charge is 0.547 e. The molecule has 1 amide bonds. The van der Waals surface area contributed by atoms with E-state index >= 15 is 0 Å². The third-order valence-electron chi connectivity index (χ3n) is 2.04. The molecule has 0 unspecified atom stereocenters. The fraction of sp³-hybridized carbons (Fsp3) is 0.300. The minimum absolute atomic E-state index is 0. The van der Waals surface area contributed by atoms with Crippen LogP contribution in [0.2, 0.25) is 0 Å². The molecule has 1 aromatic rings. The zero-order valence-electron chi connectivity index (χ0n) is 10.3. The standard InChI is InChI=1S/C10H13N2O3S.Li/c1-11-16(14,15)9-7-5-4-6-8(9)10(13)12(2)3;/h4-7H,1-3H3;/q-1;+1. The molecule has 1 rings (SSSR count). The van der Waals surface area contributed by atoms with Crippen molar-refractivity contribution in [2.75, 3.05) is 21.1 Å². The number of carbonyl (C=O) groups excluding carboxylic acids is 1. The van der Waals surface area contributed by atoms with Gasteiger partial charge in [0.05, 0.1) is 10.5 Å². The van der Waals surface area contributed by atoms with Gasteiger partial charge in [-0.3, -0.25) is 4.79 Å². The number of hydrogen-bond donors (Lipinski definition) is 0. The van der Waals surface area contributed by atoms with E-state index in [0.29, 0.717) is 0 Å². The molecule has 0 aliphatic carbocycles. The first-order valence-corrected chi connectivity index (χ1v) is 6.01. The van der Waals surface area contributed by atoms with E-state index in [9.17, 15) is 13.2 Å². The van der Waals surface area contributed by atoms with Crippen molar-refractivity contribution < 1.29 is 32.1 Å². The first-order valence-electron chi connectivity index (χ1n) is 4.57. The third-order valence-corrected chi connectivity index (χ3v) is 3.43. The maximum Gasteiger partial charge on any atom is 1.00 e. The normalized spacial score (nSPS) is 10.5. The molecule has 0 saturated heterocycles. The van der Waals surface area contributed by atoms with Crippen molar-refractivity contribution in [3.8, 4) is 0 Å². The second kappa shape index (κ2) is 6.22. The van der Waals surface area contributed by atoms with Crippen LogP contribution in [0.1, 0.15) is 10.4 Å². The quantitative estimate of drug-likeness (QED) is 0.586. The fourth-order valence-electron chi connectivity index (χ4n) is 1.21. The van der Waals surface area contributed by atoms with Gasteiger partial charge < -0.3 is 9.62 Å². The average Bonchev–Trinajstić information content (AvgIpc) is 2.28. The molecule has 88 valence electrons. The van der Waals surface area contributed by atoms with Crippen molar-refractivity contribution in [2.24, 2.45) is 0 Å². The van der Waals surface area contributed by atoms with Crippen molar-refractivity contribution in [1.29, 1.82) is 0 Å². The zero-order valence-corrected chi connectivity index (χ0v) is 11.2. The van der Waals surface area contributed by atoms with Crippen LogP contribution >= 0.6 is 0 Å². The predicted octanol–water partition coefficient (Wildman–Crippen LogP) is -1.92. The first kappa shape index (κ1) is 16.2. The third kappa shape index (κ3) is 3.58. The van der Waals surface area contributed by atoms with Gasteiger partial charge in [0.15, 0.2) is 0 Å². The Bertz CT molecular complexity index is 500. The Balaban J connectivity index is 0.00000256. The van der Waals surface area contributed by atoms with Gasteiger partial charge in [0.1, 0.15) is 10.0 Å². The number of benzene rings is 1. The molecule has 0 N–H and O–H groups in total. The fourth-order valence-corrected chi connectivity index (χ4v) is 2.09. The van der Waals surface area contributed by atoms with Gasteiger partial charge in [-0.25, -0.2) is 8.42 Å². The van der Waals surface area contributed by atoms with Crippen LogP contribution in [0.3, 0.4) is 0 Å². The number of rotatable bonds is 3. The van der Waals surface area contributed by atoms with Crippen molar-refractivity contribution in [1.82, 2.24) is 4.90 Å². The maximum absolute atomic E-state index is 11.7. The molecule has 1 aromatic carbocycles. The van der Waals surface area contributed by atoms with Gasteiger partial charge in [-0.15, -0.1) is 0 Å². The van der Waals surface area contributed by atoms with Gasteiger partial charge in [0.25, 0.3) is 5.91 Å². The molecule has 0 heterocycles. The number of amides is 1. The summed E-state index contributed by atoms with van der Waals surface area (Å²) in [5, 5.41) is 0. The SMILES string of the molecule is C[N-]S(=O)(=O)c1ccccc1C(=O)N(C)C.[Li+]. The second-order valence-corrected chi connectivity index (χ2v) is 5.11. The van der Waals surface area contributed by atoms with E-state index < -0.39 is 10.0 Å². The summed E-state index contributed by atoms with van der Waals surface area (Å²) in [6, 6.07) is 6.02. The van der Waals surface area contributed by atoms with Gasteiger partial charge in [0.2, 0.25) is 0 Å². The maximum atomic E-state index is 11.7. The Kier molecular flexibility index (Phi) is 5.92. The summed E-state index contributed by atoms with van der Waals surface area (Å²) >= 11 is 0. The molecule has 17 heavy (non-hydrogen) atoms. The summed E-state index contributed by atoms with van der Waals surface area (Å²) < 4.78 is 26.5. The van der Waals surface area contributed by atoms with E-state index in [0.717, 1.165) is 0 Å². The van der Waals surface area contributed by atoms with Crippen LogP contribution in [0.25, 0.3) is 4.72 Å². The molecular formula is C10H13LiN2O3S. The van der Waals surface area contributed by atoms with E-state index in [-0.39, 0.29) is 35.2 Å². The van der Waals surface area contributed by atoms with Crippen molar-refractivity contribution >= 4 is 15.9 Å². The largest absolute Gasteiger partial charge is 1.00 e. The van der Waals surface area contributed by atoms with Gasteiger partial charge >= 0.3 is 18.9 Å². The molecule has 0 aliphatic rings. The van der Waals surface area contributed by atoms with Gasteiger partial charge in [-0.05, 0) is 12.1 Å². The van der Waals surface area contributed by atoms with Gasteiger partial charge in [-0.2, -0.15) is 7.05 Å². The molecule has 0 radical (unpaired) electrons. The minimum atomic E-state index is -3.73. The van der Waals surface area contributed by atoms with Crippen LogP contribution in [0.5, 0.6) is 0 Å². The molecule has 5 nitrogen and oxygen atoms in total. The van der Waals surface area contributed by atoms with E-state index in [4.69, 9.17) is 0 Å². The van der Waals surface area contributed by atoms with Gasteiger partial charge in [0, 0.05) is 14.1 Å². The van der Waals surface area contributed by atoms with Gasteiger partial charge in [-0.1, -0.05) is 12.1 Å². The summed E-state index contributed by atoms with van der Waals surface area (Å²) in [6.45, 7) is 0. The average molecular weight is 248 g/mol. The van der Waals surface area contributed by atoms with Crippen molar-refractivity contribution in [3.63, 3.8) is 0 Å². The van der Waals surface area contributed by atoms with E-state index in [1.165, 1.54) is 24.1 Å². The Morgan fingerprint density at radius 3 is 2.24 bits per heavy atom. The Morgan fingerprint density at radius 1 is 1.24 bits per heavy atom. The number of sulfonamides is 1. The zero-order chi connectivity index (χ0) is 12.3. The Morgan fingerprint density at radius 2 is 1.76 bits per heavy atom. The Hall–Kier alpha value is -0.803. The number of nitrogens with zero attached hydrogens (tertiary/aromatic N) is 2. The molecule has 7 heteroatoms. The van der Waals surface area contributed by atoms with Crippen molar-refractivity contribution in [3.05, 3.63) is 34.6 Å². The van der Waals surface area contributed by atoms with E-state index in [1.807, 2.05) is 0 Å². The van der Waals surface area contributed by atoms with Crippen LogP contribution in [-0.2, 0) is 10.0 Å². The number of hydrogen-bond acceptors (Lipinski definition) is 3. The molecule has 0 saturated carbocycles.